The molecule has 182 valence electrons. The second kappa shape index (κ2) is 10.1. The number of benzene rings is 2. The smallest absolute Gasteiger partial charge is 0.192 e. The van der Waals surface area contributed by atoms with Crippen molar-refractivity contribution in [2.75, 3.05) is 13.2 Å². The van der Waals surface area contributed by atoms with Crippen LogP contribution in [0.4, 0.5) is 0 Å². The van der Waals surface area contributed by atoms with Gasteiger partial charge in [-0.25, -0.2) is 0 Å². The molecule has 33 heavy (non-hydrogen) atoms. The monoisotopic (exact) mass is 472 g/mol. The summed E-state index contributed by atoms with van der Waals surface area (Å²) in [6.45, 7) is 12.4. The Labute approximate surface area is 199 Å². The van der Waals surface area contributed by atoms with Gasteiger partial charge in [0.15, 0.2) is 8.32 Å². The summed E-state index contributed by atoms with van der Waals surface area (Å²) in [5, 5.41) is 12.6. The molecule has 0 bridgehead atoms. The quantitative estimate of drug-likeness (QED) is 0.567. The minimum atomic E-state index is -1.97. The summed E-state index contributed by atoms with van der Waals surface area (Å²) < 4.78 is 25.6. The molecule has 0 aromatic heterocycles. The van der Waals surface area contributed by atoms with E-state index in [4.69, 9.17) is 18.6 Å². The van der Waals surface area contributed by atoms with Crippen molar-refractivity contribution in [3.05, 3.63) is 48.0 Å². The first-order valence-electron chi connectivity index (χ1n) is 12.3. The largest absolute Gasteiger partial charge is 0.411 e. The van der Waals surface area contributed by atoms with E-state index in [9.17, 15) is 5.11 Å². The van der Waals surface area contributed by atoms with Crippen molar-refractivity contribution in [1.82, 2.24) is 0 Å². The van der Waals surface area contributed by atoms with Gasteiger partial charge in [-0.05, 0) is 47.0 Å². The lowest BCUT2D eigenvalue weighted by atomic mass is 9.95. The minimum absolute atomic E-state index is 0.0168. The van der Waals surface area contributed by atoms with Crippen molar-refractivity contribution >= 4 is 19.1 Å². The van der Waals surface area contributed by atoms with E-state index in [0.29, 0.717) is 13.2 Å². The van der Waals surface area contributed by atoms with Crippen molar-refractivity contribution in [2.45, 2.75) is 95.3 Å². The van der Waals surface area contributed by atoms with Crippen LogP contribution >= 0.6 is 0 Å². The summed E-state index contributed by atoms with van der Waals surface area (Å²) in [7, 11) is -1.97. The van der Waals surface area contributed by atoms with Gasteiger partial charge in [-0.15, -0.1) is 0 Å². The van der Waals surface area contributed by atoms with Crippen molar-refractivity contribution in [1.29, 1.82) is 0 Å². The molecule has 0 amide bonds. The predicted octanol–water partition coefficient (Wildman–Crippen LogP) is 5.44. The van der Waals surface area contributed by atoms with Gasteiger partial charge in [-0.3, -0.25) is 0 Å². The Morgan fingerprint density at radius 2 is 1.79 bits per heavy atom. The molecule has 2 aliphatic rings. The van der Waals surface area contributed by atoms with Gasteiger partial charge in [0.25, 0.3) is 0 Å². The van der Waals surface area contributed by atoms with Gasteiger partial charge in [-0.2, -0.15) is 0 Å². The van der Waals surface area contributed by atoms with Crippen LogP contribution in [0, 0.1) is 0 Å². The first kappa shape index (κ1) is 24.8. The fourth-order valence-electron chi connectivity index (χ4n) is 4.58. The predicted molar refractivity (Wildman–Crippen MR) is 134 cm³/mol. The van der Waals surface area contributed by atoms with E-state index in [0.717, 1.165) is 19.3 Å². The maximum Gasteiger partial charge on any atom is 0.192 e. The molecule has 2 aromatic carbocycles. The third-order valence-corrected chi connectivity index (χ3v) is 12.1. The molecule has 5 atom stereocenters. The van der Waals surface area contributed by atoms with Gasteiger partial charge < -0.3 is 23.7 Å². The molecule has 2 aromatic rings. The molecule has 0 aliphatic carbocycles. The average Bonchev–Trinajstić information content (AvgIpc) is 2.97. The Bertz CT molecular complexity index is 924. The van der Waals surface area contributed by atoms with Crippen molar-refractivity contribution in [2.24, 2.45) is 0 Å². The fourth-order valence-corrected chi connectivity index (χ4v) is 5.94. The van der Waals surface area contributed by atoms with E-state index in [-0.39, 0.29) is 42.2 Å². The zero-order valence-electron chi connectivity index (χ0n) is 20.8. The van der Waals surface area contributed by atoms with Crippen LogP contribution in [-0.2, 0) is 25.2 Å². The van der Waals surface area contributed by atoms with E-state index >= 15 is 0 Å². The normalized spacial score (nSPS) is 29.0. The Morgan fingerprint density at radius 3 is 2.52 bits per heavy atom. The molecule has 2 aliphatic heterocycles. The molecule has 2 fully saturated rings. The highest BCUT2D eigenvalue weighted by molar-refractivity contribution is 6.74. The Morgan fingerprint density at radius 1 is 1.03 bits per heavy atom. The third kappa shape index (κ3) is 5.87. The molecule has 0 spiro atoms. The molecular weight excluding hydrogens is 432 g/mol. The number of hydrogen-bond acceptors (Lipinski definition) is 5. The highest BCUT2D eigenvalue weighted by atomic mass is 28.4. The summed E-state index contributed by atoms with van der Waals surface area (Å²) in [6.07, 6.45) is 1.92. The molecule has 0 radical (unpaired) electrons. The molecule has 5 nitrogen and oxygen atoms in total. The molecule has 2 saturated heterocycles. The lowest BCUT2D eigenvalue weighted by Crippen LogP contribution is -2.55. The molecule has 0 saturated carbocycles. The van der Waals surface area contributed by atoms with Crippen LogP contribution in [0.15, 0.2) is 42.5 Å². The van der Waals surface area contributed by atoms with Crippen LogP contribution in [0.5, 0.6) is 0 Å². The van der Waals surface area contributed by atoms with Crippen LogP contribution in [-0.4, -0.2) is 57.2 Å². The Hall–Kier alpha value is -1.28. The number of hydrogen-bond donors (Lipinski definition) is 1. The number of aliphatic hydroxyl groups is 1. The van der Waals surface area contributed by atoms with Crippen LogP contribution in [0.3, 0.4) is 0 Å². The second-order valence-corrected chi connectivity index (χ2v) is 15.9. The average molecular weight is 473 g/mol. The number of fused-ring (bicyclic) bond motifs is 2. The van der Waals surface area contributed by atoms with Crippen molar-refractivity contribution < 1.29 is 23.7 Å². The summed E-state index contributed by atoms with van der Waals surface area (Å²) >= 11 is 0. The van der Waals surface area contributed by atoms with E-state index in [1.807, 2.05) is 0 Å². The number of rotatable bonds is 6. The summed E-state index contributed by atoms with van der Waals surface area (Å²) in [5.41, 5.74) is 1.18. The highest BCUT2D eigenvalue weighted by Crippen LogP contribution is 2.40. The van der Waals surface area contributed by atoms with Crippen LogP contribution in [0.25, 0.3) is 10.8 Å². The Balaban J connectivity index is 1.37. The van der Waals surface area contributed by atoms with Gasteiger partial charge in [0.05, 0.1) is 37.6 Å². The third-order valence-electron chi connectivity index (χ3n) is 7.64. The van der Waals surface area contributed by atoms with Gasteiger partial charge in [-0.1, -0.05) is 57.2 Å². The van der Waals surface area contributed by atoms with E-state index in [1.165, 1.54) is 16.3 Å². The number of ether oxygens (including phenoxy) is 3. The maximum absolute atomic E-state index is 10.1. The molecule has 4 rings (SSSR count). The SMILES string of the molecule is CC(C)(C)[Si](C)(C)O[C@H]1C[C@H]2OCC[C@H](OCc3ccc4ccccc4c3)C[C@@H]2O[C@@H]1CO. The summed E-state index contributed by atoms with van der Waals surface area (Å²) in [4.78, 5) is 0. The molecule has 0 unspecified atom stereocenters. The standard InChI is InChI=1S/C27H40O5Si/c1-27(2,3)33(4,5)32-25-16-23-24(31-26(25)17-28)15-22(12-13-29-23)30-18-19-10-11-20-8-6-7-9-21(20)14-19/h6-11,14,22-26,28H,12-13,15-18H2,1-5H3/t22-,23+,24-,25-,26+/m0/s1. The first-order valence-corrected chi connectivity index (χ1v) is 15.2. The van der Waals surface area contributed by atoms with Gasteiger partial charge in [0.2, 0.25) is 0 Å². The second-order valence-electron chi connectivity index (χ2n) is 11.1. The molecular formula is C27H40O5Si. The summed E-state index contributed by atoms with van der Waals surface area (Å²) in [5.74, 6) is 0. The Kier molecular flexibility index (Phi) is 7.63. The van der Waals surface area contributed by atoms with Crippen LogP contribution in [0.1, 0.15) is 45.6 Å². The lowest BCUT2D eigenvalue weighted by molar-refractivity contribution is -0.188. The maximum atomic E-state index is 10.1. The van der Waals surface area contributed by atoms with Gasteiger partial charge >= 0.3 is 0 Å². The van der Waals surface area contributed by atoms with Crippen molar-refractivity contribution in [3.8, 4) is 0 Å². The number of aliphatic hydroxyl groups excluding tert-OH is 1. The van der Waals surface area contributed by atoms with E-state index in [2.05, 4.69) is 76.3 Å². The van der Waals surface area contributed by atoms with E-state index in [1.54, 1.807) is 0 Å². The molecule has 1 N–H and O–H groups in total. The highest BCUT2D eigenvalue weighted by Gasteiger charge is 2.46. The van der Waals surface area contributed by atoms with Gasteiger partial charge in [0.1, 0.15) is 6.10 Å². The molecule has 2 heterocycles. The molecule has 6 heteroatoms. The topological polar surface area (TPSA) is 57.2 Å². The fraction of sp³-hybridized carbons (Fsp3) is 0.630. The minimum Gasteiger partial charge on any atom is -0.411 e. The van der Waals surface area contributed by atoms with Gasteiger partial charge in [0, 0.05) is 19.4 Å². The lowest BCUT2D eigenvalue weighted by Gasteiger charge is -2.46. The first-order chi connectivity index (χ1) is 15.7. The summed E-state index contributed by atoms with van der Waals surface area (Å²) in [6, 6.07) is 14.9. The van der Waals surface area contributed by atoms with Crippen LogP contribution < -0.4 is 0 Å². The zero-order valence-corrected chi connectivity index (χ0v) is 21.8. The van der Waals surface area contributed by atoms with Crippen LogP contribution in [0.2, 0.25) is 18.1 Å². The van der Waals surface area contributed by atoms with Crippen molar-refractivity contribution in [3.63, 3.8) is 0 Å². The van der Waals surface area contributed by atoms with E-state index < -0.39 is 8.32 Å². The zero-order chi connectivity index (χ0) is 23.6.